The van der Waals surface area contributed by atoms with E-state index in [9.17, 15) is 4.79 Å². The molecular weight excluding hydrogens is 522 g/mol. The van der Waals surface area contributed by atoms with E-state index in [2.05, 4.69) is 75.5 Å². The molecule has 3 aromatic carbocycles. The molecule has 3 N–H and O–H groups in total. The number of carbonyl (C=O) groups is 1. The summed E-state index contributed by atoms with van der Waals surface area (Å²) in [6, 6.07) is 23.6. The Hall–Kier alpha value is -4.23. The van der Waals surface area contributed by atoms with E-state index in [1.165, 1.54) is 40.6 Å². The second kappa shape index (κ2) is 10.2. The highest BCUT2D eigenvalue weighted by Gasteiger charge is 2.39. The highest BCUT2D eigenvalue weighted by molar-refractivity contribution is 5.99. The van der Waals surface area contributed by atoms with Gasteiger partial charge in [-0.1, -0.05) is 48.6 Å². The average molecular weight is 560 g/mol. The zero-order valence-electron chi connectivity index (χ0n) is 23.8. The van der Waals surface area contributed by atoms with Crippen molar-refractivity contribution >= 4 is 40.3 Å². The number of fused-ring (bicyclic) bond motifs is 1. The summed E-state index contributed by atoms with van der Waals surface area (Å²) in [6.45, 7) is 3.78. The van der Waals surface area contributed by atoms with Crippen LogP contribution >= 0.6 is 0 Å². The second-order valence-corrected chi connectivity index (χ2v) is 12.3. The summed E-state index contributed by atoms with van der Waals surface area (Å²) in [5.41, 5.74) is 13.8. The summed E-state index contributed by atoms with van der Waals surface area (Å²) in [4.78, 5) is 17.8. The predicted molar refractivity (Wildman–Crippen MR) is 169 cm³/mol. The van der Waals surface area contributed by atoms with Crippen LogP contribution in [0, 0.1) is 5.92 Å². The quantitative estimate of drug-likeness (QED) is 0.279. The maximum Gasteiger partial charge on any atom is 0.254 e. The fourth-order valence-corrected chi connectivity index (χ4v) is 6.87. The maximum absolute atomic E-state index is 13.5. The first-order valence-corrected chi connectivity index (χ1v) is 15.4. The van der Waals surface area contributed by atoms with Gasteiger partial charge in [-0.15, -0.1) is 0 Å². The molecule has 42 heavy (non-hydrogen) atoms. The summed E-state index contributed by atoms with van der Waals surface area (Å²) < 4.78 is 8.67. The number of hydrogen-bond acceptors (Lipinski definition) is 5. The standard InChI is InChI=1S/C35H37N5O2/c36-28-7-4-14-38(22-28)35(41)27-18-29-33-32(20-27)42-16-15-39(33)34(37-29)31-19-26-17-24(9-8-23-5-2-1-3-6-23)12-13-30(26)40(31)21-25-10-11-25/h1-3,5-6,8-9,12-13,17-20,25,28,34,37H,4,7,10-11,14-16,21-22,36H2/b9-8+/t28?,34-/m1/s1. The first-order valence-electron chi connectivity index (χ1n) is 15.4. The van der Waals surface area contributed by atoms with Crippen molar-refractivity contribution < 1.29 is 9.53 Å². The van der Waals surface area contributed by atoms with Gasteiger partial charge in [-0.25, -0.2) is 0 Å². The van der Waals surface area contributed by atoms with E-state index in [0.29, 0.717) is 18.7 Å². The van der Waals surface area contributed by atoms with Crippen LogP contribution in [0.3, 0.4) is 0 Å². The molecule has 1 unspecified atom stereocenters. The van der Waals surface area contributed by atoms with Crippen LogP contribution in [0.4, 0.5) is 11.4 Å². The van der Waals surface area contributed by atoms with Crippen LogP contribution in [0.2, 0.25) is 0 Å². The van der Waals surface area contributed by atoms with Gasteiger partial charge < -0.3 is 30.2 Å². The molecule has 7 nitrogen and oxygen atoms in total. The maximum atomic E-state index is 13.5. The van der Waals surface area contributed by atoms with E-state index in [4.69, 9.17) is 10.5 Å². The fourth-order valence-electron chi connectivity index (χ4n) is 6.87. The van der Waals surface area contributed by atoms with E-state index < -0.39 is 0 Å². The van der Waals surface area contributed by atoms with E-state index in [0.717, 1.165) is 55.5 Å². The highest BCUT2D eigenvalue weighted by Crippen LogP contribution is 2.50. The number of anilines is 2. The molecule has 214 valence electrons. The lowest BCUT2D eigenvalue weighted by molar-refractivity contribution is 0.0708. The molecule has 7 heteroatoms. The monoisotopic (exact) mass is 559 g/mol. The molecule has 8 rings (SSSR count). The third-order valence-electron chi connectivity index (χ3n) is 9.19. The molecule has 0 spiro atoms. The van der Waals surface area contributed by atoms with Crippen molar-refractivity contribution in [2.24, 2.45) is 11.7 Å². The van der Waals surface area contributed by atoms with Crippen LogP contribution in [0.1, 0.15) is 59.0 Å². The number of piperidine rings is 1. The van der Waals surface area contributed by atoms with Crippen molar-refractivity contribution in [3.05, 3.63) is 89.1 Å². The molecule has 1 aromatic heterocycles. The molecule has 1 saturated heterocycles. The van der Waals surface area contributed by atoms with Crippen molar-refractivity contribution in [1.82, 2.24) is 9.47 Å². The normalized spacial score (nSPS) is 21.5. The number of nitrogens with zero attached hydrogens (tertiary/aromatic N) is 3. The third-order valence-corrected chi connectivity index (χ3v) is 9.19. The topological polar surface area (TPSA) is 75.8 Å². The number of nitrogens with two attached hydrogens (primary N) is 1. The Morgan fingerprint density at radius 3 is 2.67 bits per heavy atom. The Morgan fingerprint density at radius 2 is 1.83 bits per heavy atom. The van der Waals surface area contributed by atoms with Crippen molar-refractivity contribution in [3.8, 4) is 5.75 Å². The Kier molecular flexibility index (Phi) is 6.21. The summed E-state index contributed by atoms with van der Waals surface area (Å²) >= 11 is 0. The summed E-state index contributed by atoms with van der Waals surface area (Å²) in [5.74, 6) is 1.56. The smallest absolute Gasteiger partial charge is 0.254 e. The second-order valence-electron chi connectivity index (χ2n) is 12.3. The summed E-state index contributed by atoms with van der Waals surface area (Å²) in [5, 5.41) is 5.07. The minimum absolute atomic E-state index is 0.0223. The largest absolute Gasteiger partial charge is 0.489 e. The molecule has 1 aliphatic carbocycles. The Bertz CT molecular complexity index is 1690. The molecule has 0 bridgehead atoms. The van der Waals surface area contributed by atoms with Gasteiger partial charge >= 0.3 is 0 Å². The SMILES string of the molecule is NC1CCCN(C(=O)c2cc3c4c(c2)OCCN4[C@H](c2cc4cc(/C=C/c5ccccc5)ccc4n2CC2CC2)N3)C1. The van der Waals surface area contributed by atoms with Crippen LogP contribution < -0.4 is 20.7 Å². The molecular formula is C35H37N5O2. The van der Waals surface area contributed by atoms with Gasteiger partial charge in [-0.3, -0.25) is 4.79 Å². The zero-order chi connectivity index (χ0) is 28.2. The van der Waals surface area contributed by atoms with Crippen LogP contribution in [0.25, 0.3) is 23.1 Å². The molecule has 3 aliphatic heterocycles. The summed E-state index contributed by atoms with van der Waals surface area (Å²) in [6.07, 6.45) is 8.85. The lowest BCUT2D eigenvalue weighted by atomic mass is 10.0. The number of ether oxygens (including phenoxy) is 1. The lowest BCUT2D eigenvalue weighted by Gasteiger charge is -2.33. The average Bonchev–Trinajstić information content (AvgIpc) is 3.67. The predicted octanol–water partition coefficient (Wildman–Crippen LogP) is 6.11. The number of amides is 1. The van der Waals surface area contributed by atoms with Crippen LogP contribution in [0.15, 0.2) is 66.7 Å². The number of likely N-dealkylation sites (tertiary alicyclic amines) is 1. The van der Waals surface area contributed by atoms with E-state index in [1.807, 2.05) is 23.1 Å². The van der Waals surface area contributed by atoms with Gasteiger partial charge in [-0.2, -0.15) is 0 Å². The van der Waals surface area contributed by atoms with Gasteiger partial charge in [0, 0.05) is 42.1 Å². The van der Waals surface area contributed by atoms with Gasteiger partial charge in [0.05, 0.1) is 17.9 Å². The highest BCUT2D eigenvalue weighted by atomic mass is 16.5. The zero-order valence-corrected chi connectivity index (χ0v) is 23.8. The number of carbonyl (C=O) groups excluding carboxylic acids is 1. The number of benzene rings is 3. The summed E-state index contributed by atoms with van der Waals surface area (Å²) in [7, 11) is 0. The Labute approximate surface area is 246 Å². The van der Waals surface area contributed by atoms with Gasteiger partial charge in [0.1, 0.15) is 24.2 Å². The molecule has 0 radical (unpaired) electrons. The van der Waals surface area contributed by atoms with E-state index >= 15 is 0 Å². The van der Waals surface area contributed by atoms with E-state index in [-0.39, 0.29) is 18.1 Å². The molecule has 2 atom stereocenters. The first-order chi connectivity index (χ1) is 20.6. The van der Waals surface area contributed by atoms with Crippen molar-refractivity contribution in [2.45, 2.75) is 44.4 Å². The third kappa shape index (κ3) is 4.62. The molecule has 1 amide bonds. The number of hydrogen-bond donors (Lipinski definition) is 2. The number of aromatic nitrogens is 1. The Morgan fingerprint density at radius 1 is 0.976 bits per heavy atom. The minimum Gasteiger partial charge on any atom is -0.489 e. The van der Waals surface area contributed by atoms with Gasteiger partial charge in [0.15, 0.2) is 0 Å². The van der Waals surface area contributed by atoms with E-state index in [1.54, 1.807) is 0 Å². The van der Waals surface area contributed by atoms with Crippen LogP contribution in [-0.4, -0.2) is 47.7 Å². The van der Waals surface area contributed by atoms with Crippen molar-refractivity contribution in [1.29, 1.82) is 0 Å². The Balaban J connectivity index is 1.14. The van der Waals surface area contributed by atoms with Crippen molar-refractivity contribution in [3.63, 3.8) is 0 Å². The first kappa shape index (κ1) is 25.5. The fraction of sp³-hybridized carbons (Fsp3) is 0.343. The molecule has 4 heterocycles. The number of nitrogens with one attached hydrogen (secondary N) is 1. The minimum atomic E-state index is -0.0223. The van der Waals surface area contributed by atoms with Gasteiger partial charge in [0.2, 0.25) is 0 Å². The molecule has 4 aliphatic rings. The number of rotatable bonds is 6. The molecule has 4 aromatic rings. The molecule has 1 saturated carbocycles. The van der Waals surface area contributed by atoms with Crippen molar-refractivity contribution in [2.75, 3.05) is 36.5 Å². The molecule has 2 fully saturated rings. The van der Waals surface area contributed by atoms with Gasteiger partial charge in [-0.05, 0) is 73.1 Å². The van der Waals surface area contributed by atoms with Gasteiger partial charge in [0.25, 0.3) is 5.91 Å². The van der Waals surface area contributed by atoms with Crippen LogP contribution in [0.5, 0.6) is 5.75 Å². The van der Waals surface area contributed by atoms with Crippen LogP contribution in [-0.2, 0) is 6.54 Å². The lowest BCUT2D eigenvalue weighted by Crippen LogP contribution is -2.45.